The van der Waals surface area contributed by atoms with E-state index in [-0.39, 0.29) is 17.3 Å². The summed E-state index contributed by atoms with van der Waals surface area (Å²) >= 11 is 0. The van der Waals surface area contributed by atoms with Crippen molar-refractivity contribution in [3.63, 3.8) is 0 Å². The number of ether oxygens (including phenoxy) is 1. The number of Topliss-reactive ketones (excluding diaryl/α,β-unsaturated/α-hetero) is 3. The van der Waals surface area contributed by atoms with Gasteiger partial charge in [0.25, 0.3) is 0 Å². The fraction of sp³-hybridized carbons (Fsp3) is 0.233. The molecule has 180 valence electrons. The first-order valence-electron chi connectivity index (χ1n) is 12.1. The van der Waals surface area contributed by atoms with Crippen molar-refractivity contribution in [3.8, 4) is 5.75 Å². The van der Waals surface area contributed by atoms with Crippen molar-refractivity contribution in [2.75, 3.05) is 11.5 Å². The SMILES string of the molecule is CCOc1ccccc1C1C(C(C)=O)N2c3ccc(F)cc3C=CC2C12C(=O)c1ccccc1C2=O. The normalized spacial score (nSPS) is 23.0. The number of fused-ring (bicyclic) bond motifs is 5. The molecule has 0 saturated carbocycles. The lowest BCUT2D eigenvalue weighted by atomic mass is 9.64. The standard InChI is InChI=1S/C30H24FNO4/c1-3-36-24-11-7-6-10-22(24)26-27(17(2)33)32-23-14-13-19(31)16-18(23)12-15-25(32)30(26)28(34)20-8-4-5-9-21(20)29(30)35/h4-16,25-27H,3H2,1-2H3. The molecule has 3 aromatic carbocycles. The Morgan fingerprint density at radius 2 is 1.67 bits per heavy atom. The van der Waals surface area contributed by atoms with Gasteiger partial charge in [0.15, 0.2) is 17.3 Å². The summed E-state index contributed by atoms with van der Waals surface area (Å²) in [7, 11) is 0. The van der Waals surface area contributed by atoms with Crippen LogP contribution in [0.15, 0.2) is 72.8 Å². The number of carbonyl (C=O) groups excluding carboxylic acids is 3. The van der Waals surface area contributed by atoms with Crippen molar-refractivity contribution < 1.29 is 23.5 Å². The Kier molecular flexibility index (Phi) is 4.97. The molecular weight excluding hydrogens is 457 g/mol. The highest BCUT2D eigenvalue weighted by molar-refractivity contribution is 6.32. The number of nitrogens with zero attached hydrogens (tertiary/aromatic N) is 1. The van der Waals surface area contributed by atoms with Crippen molar-refractivity contribution in [2.24, 2.45) is 5.41 Å². The molecule has 0 radical (unpaired) electrons. The topological polar surface area (TPSA) is 63.7 Å². The van der Waals surface area contributed by atoms with Crippen LogP contribution in [0.3, 0.4) is 0 Å². The Labute approximate surface area is 208 Å². The molecule has 1 saturated heterocycles. The van der Waals surface area contributed by atoms with Crippen LogP contribution in [0, 0.1) is 11.2 Å². The molecule has 2 heterocycles. The fourth-order valence-corrected chi connectivity index (χ4v) is 6.47. The highest BCUT2D eigenvalue weighted by Gasteiger charge is 2.71. The third-order valence-electron chi connectivity index (χ3n) is 7.74. The van der Waals surface area contributed by atoms with Gasteiger partial charge in [-0.1, -0.05) is 54.6 Å². The molecule has 0 amide bonds. The average molecular weight is 482 g/mol. The Morgan fingerprint density at radius 1 is 1.00 bits per heavy atom. The van der Waals surface area contributed by atoms with Crippen LogP contribution in [0.25, 0.3) is 6.08 Å². The average Bonchev–Trinajstić information content (AvgIpc) is 3.31. The van der Waals surface area contributed by atoms with E-state index in [9.17, 15) is 18.8 Å². The maximum absolute atomic E-state index is 14.4. The summed E-state index contributed by atoms with van der Waals surface area (Å²) in [6.45, 7) is 3.73. The Morgan fingerprint density at radius 3 is 2.33 bits per heavy atom. The molecular formula is C30H24FNO4. The molecule has 6 rings (SSSR count). The van der Waals surface area contributed by atoms with Crippen molar-refractivity contribution in [3.05, 3.63) is 101 Å². The van der Waals surface area contributed by atoms with Gasteiger partial charge >= 0.3 is 0 Å². The summed E-state index contributed by atoms with van der Waals surface area (Å²) < 4.78 is 20.1. The minimum absolute atomic E-state index is 0.185. The third-order valence-corrected chi connectivity index (χ3v) is 7.74. The van der Waals surface area contributed by atoms with Gasteiger partial charge in [-0.15, -0.1) is 0 Å². The van der Waals surface area contributed by atoms with Gasteiger partial charge in [0.2, 0.25) is 0 Å². The van der Waals surface area contributed by atoms with Gasteiger partial charge < -0.3 is 9.64 Å². The summed E-state index contributed by atoms with van der Waals surface area (Å²) in [5.74, 6) is -1.45. The van der Waals surface area contributed by atoms with E-state index in [0.717, 1.165) is 0 Å². The minimum Gasteiger partial charge on any atom is -0.494 e. The van der Waals surface area contributed by atoms with Crippen LogP contribution in [0.5, 0.6) is 5.75 Å². The number of benzene rings is 3. The van der Waals surface area contributed by atoms with E-state index in [0.29, 0.717) is 40.3 Å². The number of hydrogen-bond donors (Lipinski definition) is 0. The zero-order chi connectivity index (χ0) is 25.2. The maximum Gasteiger partial charge on any atom is 0.180 e. The highest BCUT2D eigenvalue weighted by atomic mass is 19.1. The molecule has 0 bridgehead atoms. The van der Waals surface area contributed by atoms with Crippen molar-refractivity contribution in [2.45, 2.75) is 31.8 Å². The zero-order valence-electron chi connectivity index (χ0n) is 19.9. The van der Waals surface area contributed by atoms with Gasteiger partial charge in [-0.05, 0) is 38.1 Å². The lowest BCUT2D eigenvalue weighted by molar-refractivity contribution is -0.118. The van der Waals surface area contributed by atoms with Crippen LogP contribution in [0.4, 0.5) is 10.1 Å². The molecule has 3 atom stereocenters. The first kappa shape index (κ1) is 22.4. The van der Waals surface area contributed by atoms with Crippen LogP contribution in [-0.2, 0) is 4.79 Å². The van der Waals surface area contributed by atoms with Gasteiger partial charge in [0.05, 0.1) is 18.7 Å². The molecule has 5 nitrogen and oxygen atoms in total. The predicted octanol–water partition coefficient (Wildman–Crippen LogP) is 5.25. The second kappa shape index (κ2) is 7.98. The zero-order valence-corrected chi connectivity index (χ0v) is 19.9. The van der Waals surface area contributed by atoms with Crippen molar-refractivity contribution >= 4 is 29.1 Å². The Hall–Kier alpha value is -4.06. The molecule has 3 aliphatic rings. The summed E-state index contributed by atoms with van der Waals surface area (Å²) in [4.78, 5) is 44.1. The van der Waals surface area contributed by atoms with Crippen molar-refractivity contribution in [1.29, 1.82) is 0 Å². The number of hydrogen-bond acceptors (Lipinski definition) is 5. The molecule has 1 aliphatic carbocycles. The van der Waals surface area contributed by atoms with Crippen LogP contribution in [0.2, 0.25) is 0 Å². The molecule has 1 spiro atoms. The minimum atomic E-state index is -1.57. The van der Waals surface area contributed by atoms with E-state index < -0.39 is 29.2 Å². The molecule has 6 heteroatoms. The first-order chi connectivity index (χ1) is 17.4. The molecule has 3 aromatic rings. The number of anilines is 1. The number of rotatable bonds is 4. The summed E-state index contributed by atoms with van der Waals surface area (Å²) in [6.07, 6.45) is 3.53. The molecule has 0 N–H and O–H groups in total. The molecule has 1 fully saturated rings. The van der Waals surface area contributed by atoms with E-state index >= 15 is 0 Å². The van der Waals surface area contributed by atoms with E-state index in [1.165, 1.54) is 19.1 Å². The highest BCUT2D eigenvalue weighted by Crippen LogP contribution is 2.61. The second-order valence-electron chi connectivity index (χ2n) is 9.49. The Bertz CT molecular complexity index is 1440. The molecule has 2 aliphatic heterocycles. The van der Waals surface area contributed by atoms with E-state index in [1.54, 1.807) is 48.6 Å². The fourth-order valence-electron chi connectivity index (χ4n) is 6.47. The van der Waals surface area contributed by atoms with Gasteiger partial charge in [-0.2, -0.15) is 0 Å². The third kappa shape index (κ3) is 2.78. The van der Waals surface area contributed by atoms with Crippen LogP contribution in [0.1, 0.15) is 51.6 Å². The number of halogens is 1. The van der Waals surface area contributed by atoms with E-state index in [1.807, 2.05) is 30.0 Å². The largest absolute Gasteiger partial charge is 0.494 e. The number of carbonyl (C=O) groups is 3. The molecule has 36 heavy (non-hydrogen) atoms. The van der Waals surface area contributed by atoms with Gasteiger partial charge in [0.1, 0.15) is 17.0 Å². The van der Waals surface area contributed by atoms with Crippen LogP contribution >= 0.6 is 0 Å². The smallest absolute Gasteiger partial charge is 0.180 e. The number of para-hydroxylation sites is 1. The lowest BCUT2D eigenvalue weighted by Crippen LogP contribution is -2.48. The molecule has 0 aromatic heterocycles. The van der Waals surface area contributed by atoms with Crippen molar-refractivity contribution in [1.82, 2.24) is 0 Å². The summed E-state index contributed by atoms with van der Waals surface area (Å²) in [5, 5.41) is 0. The predicted molar refractivity (Wildman–Crippen MR) is 134 cm³/mol. The van der Waals surface area contributed by atoms with Crippen LogP contribution in [-0.4, -0.2) is 36.0 Å². The first-order valence-corrected chi connectivity index (χ1v) is 12.1. The lowest BCUT2D eigenvalue weighted by Gasteiger charge is -2.37. The van der Waals surface area contributed by atoms with Crippen LogP contribution < -0.4 is 9.64 Å². The molecule has 3 unspecified atom stereocenters. The van der Waals surface area contributed by atoms with Gasteiger partial charge in [-0.3, -0.25) is 14.4 Å². The second-order valence-corrected chi connectivity index (χ2v) is 9.49. The number of ketones is 3. The summed E-state index contributed by atoms with van der Waals surface area (Å²) in [6, 6.07) is 17.0. The van der Waals surface area contributed by atoms with E-state index in [4.69, 9.17) is 4.74 Å². The Balaban J connectivity index is 1.69. The monoisotopic (exact) mass is 481 g/mol. The quantitative estimate of drug-likeness (QED) is 0.477. The summed E-state index contributed by atoms with van der Waals surface area (Å²) in [5.41, 5.74) is 1.02. The van der Waals surface area contributed by atoms with Gasteiger partial charge in [-0.25, -0.2) is 4.39 Å². The van der Waals surface area contributed by atoms with E-state index in [2.05, 4.69) is 0 Å². The van der Waals surface area contributed by atoms with Gasteiger partial charge in [0, 0.05) is 33.9 Å². The maximum atomic E-state index is 14.4.